The minimum absolute atomic E-state index is 0.0566. The summed E-state index contributed by atoms with van der Waals surface area (Å²) in [4.78, 5) is 0. The molecule has 56 heavy (non-hydrogen) atoms. The Kier molecular flexibility index (Phi) is 8.67. The molecule has 10 aromatic rings. The standard InChI is InChI=1S/C55H38O/c1-3-10-38(11-4-1)40-18-20-41(21-19-40)42-22-28-45(29-23-42)55(46-30-24-43(25-31-46)49-15-9-14-48(36-49)39-12-5-2-6-13-39)47-32-26-44(27-33-47)50-34-35-52-51-16-7-8-17-53(51)56-54(52)37-50/h1-37,55H. The Balaban J connectivity index is 0.987. The van der Waals surface area contributed by atoms with E-state index in [1.54, 1.807) is 0 Å². The van der Waals surface area contributed by atoms with Crippen molar-refractivity contribution in [2.24, 2.45) is 0 Å². The van der Waals surface area contributed by atoms with Crippen LogP contribution in [0.1, 0.15) is 22.6 Å². The Hall–Kier alpha value is -7.22. The normalized spacial score (nSPS) is 11.9. The molecule has 1 aromatic heterocycles. The van der Waals surface area contributed by atoms with E-state index in [0.29, 0.717) is 0 Å². The first-order valence-corrected chi connectivity index (χ1v) is 19.3. The first-order chi connectivity index (χ1) is 27.7. The van der Waals surface area contributed by atoms with Gasteiger partial charge in [0.25, 0.3) is 0 Å². The fourth-order valence-corrected chi connectivity index (χ4v) is 8.08. The number of fused-ring (bicyclic) bond motifs is 3. The summed E-state index contributed by atoms with van der Waals surface area (Å²) in [6.45, 7) is 0. The highest BCUT2D eigenvalue weighted by Crippen LogP contribution is 2.38. The number of hydrogen-bond acceptors (Lipinski definition) is 1. The number of benzene rings is 9. The molecule has 1 atom stereocenters. The van der Waals surface area contributed by atoms with E-state index in [0.717, 1.165) is 33.1 Å². The second-order valence-electron chi connectivity index (χ2n) is 14.5. The maximum Gasteiger partial charge on any atom is 0.136 e. The average Bonchev–Trinajstić information content (AvgIpc) is 3.66. The van der Waals surface area contributed by atoms with Crippen LogP contribution < -0.4 is 0 Å². The fourth-order valence-electron chi connectivity index (χ4n) is 8.08. The van der Waals surface area contributed by atoms with Crippen molar-refractivity contribution >= 4 is 21.9 Å². The molecule has 0 bridgehead atoms. The van der Waals surface area contributed by atoms with Crippen LogP contribution in [0, 0.1) is 0 Å². The van der Waals surface area contributed by atoms with Crippen LogP contribution in [0.25, 0.3) is 77.6 Å². The predicted octanol–water partition coefficient (Wildman–Crippen LogP) is 15.1. The zero-order valence-electron chi connectivity index (χ0n) is 30.8. The number of furan rings is 1. The van der Waals surface area contributed by atoms with Gasteiger partial charge < -0.3 is 4.42 Å². The van der Waals surface area contributed by atoms with Crippen molar-refractivity contribution in [2.75, 3.05) is 0 Å². The zero-order chi connectivity index (χ0) is 37.3. The fraction of sp³-hybridized carbons (Fsp3) is 0.0182. The molecular weight excluding hydrogens is 677 g/mol. The summed E-state index contributed by atoms with van der Waals surface area (Å²) in [5.41, 5.74) is 17.6. The molecule has 0 aliphatic carbocycles. The van der Waals surface area contributed by atoms with Crippen LogP contribution in [0.2, 0.25) is 0 Å². The monoisotopic (exact) mass is 714 g/mol. The van der Waals surface area contributed by atoms with Gasteiger partial charge in [-0.15, -0.1) is 0 Å². The lowest BCUT2D eigenvalue weighted by Gasteiger charge is -2.20. The molecule has 0 spiro atoms. The van der Waals surface area contributed by atoms with E-state index in [1.165, 1.54) is 61.2 Å². The molecule has 0 aliphatic heterocycles. The van der Waals surface area contributed by atoms with E-state index in [9.17, 15) is 0 Å². The molecule has 264 valence electrons. The summed E-state index contributed by atoms with van der Waals surface area (Å²) < 4.78 is 6.23. The largest absolute Gasteiger partial charge is 0.456 e. The van der Waals surface area contributed by atoms with Crippen LogP contribution in [-0.2, 0) is 0 Å². The molecule has 1 nitrogen and oxygen atoms in total. The lowest BCUT2D eigenvalue weighted by Crippen LogP contribution is -2.03. The number of rotatable bonds is 8. The van der Waals surface area contributed by atoms with Crippen molar-refractivity contribution in [1.29, 1.82) is 0 Å². The Morgan fingerprint density at radius 2 is 0.571 bits per heavy atom. The van der Waals surface area contributed by atoms with E-state index in [-0.39, 0.29) is 5.92 Å². The van der Waals surface area contributed by atoms with Gasteiger partial charge in [0.05, 0.1) is 0 Å². The van der Waals surface area contributed by atoms with Crippen LogP contribution in [0.3, 0.4) is 0 Å². The van der Waals surface area contributed by atoms with Gasteiger partial charge in [-0.25, -0.2) is 0 Å². The van der Waals surface area contributed by atoms with Gasteiger partial charge >= 0.3 is 0 Å². The van der Waals surface area contributed by atoms with E-state index in [4.69, 9.17) is 4.42 Å². The van der Waals surface area contributed by atoms with E-state index in [2.05, 4.69) is 212 Å². The molecule has 0 saturated heterocycles. The summed E-state index contributed by atoms with van der Waals surface area (Å²) in [6.07, 6.45) is 0. The molecule has 0 radical (unpaired) electrons. The third-order valence-electron chi connectivity index (χ3n) is 11.1. The lowest BCUT2D eigenvalue weighted by molar-refractivity contribution is 0.669. The number of para-hydroxylation sites is 1. The third kappa shape index (κ3) is 6.50. The Labute approximate surface area is 327 Å². The molecule has 1 heteroatoms. The molecule has 0 saturated carbocycles. The second kappa shape index (κ2) is 14.5. The van der Waals surface area contributed by atoms with Crippen molar-refractivity contribution in [3.05, 3.63) is 241 Å². The van der Waals surface area contributed by atoms with Crippen molar-refractivity contribution < 1.29 is 4.42 Å². The summed E-state index contributed by atoms with van der Waals surface area (Å²) in [5.74, 6) is 0.0566. The summed E-state index contributed by atoms with van der Waals surface area (Å²) in [5, 5.41) is 2.30. The quantitative estimate of drug-likeness (QED) is 0.143. The van der Waals surface area contributed by atoms with Crippen molar-refractivity contribution in [3.8, 4) is 55.6 Å². The second-order valence-corrected chi connectivity index (χ2v) is 14.5. The Bertz CT molecular complexity index is 2900. The maximum absolute atomic E-state index is 6.23. The summed E-state index contributed by atoms with van der Waals surface area (Å²) in [7, 11) is 0. The van der Waals surface area contributed by atoms with E-state index in [1.807, 2.05) is 12.1 Å². The van der Waals surface area contributed by atoms with E-state index >= 15 is 0 Å². The first kappa shape index (κ1) is 33.4. The van der Waals surface area contributed by atoms with Gasteiger partial charge in [-0.3, -0.25) is 0 Å². The average molecular weight is 715 g/mol. The van der Waals surface area contributed by atoms with Gasteiger partial charge in [-0.1, -0.05) is 200 Å². The smallest absolute Gasteiger partial charge is 0.136 e. The van der Waals surface area contributed by atoms with Crippen molar-refractivity contribution in [1.82, 2.24) is 0 Å². The Morgan fingerprint density at radius 3 is 1.09 bits per heavy atom. The SMILES string of the molecule is c1ccc(-c2ccc(-c3ccc(C(c4ccc(-c5cccc(-c6ccccc6)c5)cc4)c4ccc(-c5ccc6c(c5)oc5ccccc56)cc4)cc3)cc2)cc1. The lowest BCUT2D eigenvalue weighted by atomic mass is 9.83. The summed E-state index contributed by atoms with van der Waals surface area (Å²) >= 11 is 0. The van der Waals surface area contributed by atoms with E-state index < -0.39 is 0 Å². The molecule has 0 N–H and O–H groups in total. The van der Waals surface area contributed by atoms with Crippen LogP contribution in [0.15, 0.2) is 229 Å². The topological polar surface area (TPSA) is 13.1 Å². The maximum atomic E-state index is 6.23. The molecular formula is C55H38O. The van der Waals surface area contributed by atoms with Gasteiger partial charge in [-0.05, 0) is 96.6 Å². The van der Waals surface area contributed by atoms with Gasteiger partial charge in [0.1, 0.15) is 11.2 Å². The van der Waals surface area contributed by atoms with Crippen LogP contribution >= 0.6 is 0 Å². The summed E-state index contributed by atoms with van der Waals surface area (Å²) in [6, 6.07) is 81.0. The van der Waals surface area contributed by atoms with Crippen LogP contribution in [0.5, 0.6) is 0 Å². The molecule has 0 aliphatic rings. The van der Waals surface area contributed by atoms with Gasteiger partial charge in [0.2, 0.25) is 0 Å². The predicted molar refractivity (Wildman–Crippen MR) is 235 cm³/mol. The van der Waals surface area contributed by atoms with Gasteiger partial charge in [0.15, 0.2) is 0 Å². The van der Waals surface area contributed by atoms with Crippen molar-refractivity contribution in [2.45, 2.75) is 5.92 Å². The molecule has 0 fully saturated rings. The first-order valence-electron chi connectivity index (χ1n) is 19.3. The minimum Gasteiger partial charge on any atom is -0.456 e. The third-order valence-corrected chi connectivity index (χ3v) is 11.1. The highest BCUT2D eigenvalue weighted by molar-refractivity contribution is 6.05. The molecule has 10 rings (SSSR count). The molecule has 1 heterocycles. The highest BCUT2D eigenvalue weighted by Gasteiger charge is 2.18. The zero-order valence-corrected chi connectivity index (χ0v) is 30.8. The molecule has 1 unspecified atom stereocenters. The van der Waals surface area contributed by atoms with Crippen LogP contribution in [0.4, 0.5) is 0 Å². The molecule has 9 aromatic carbocycles. The van der Waals surface area contributed by atoms with Gasteiger partial charge in [-0.2, -0.15) is 0 Å². The highest BCUT2D eigenvalue weighted by atomic mass is 16.3. The minimum atomic E-state index is 0.0566. The Morgan fingerprint density at radius 1 is 0.232 bits per heavy atom. The van der Waals surface area contributed by atoms with Crippen LogP contribution in [-0.4, -0.2) is 0 Å². The number of hydrogen-bond donors (Lipinski definition) is 0. The van der Waals surface area contributed by atoms with Crippen molar-refractivity contribution in [3.63, 3.8) is 0 Å². The van der Waals surface area contributed by atoms with Gasteiger partial charge in [0, 0.05) is 16.7 Å². The molecule has 0 amide bonds.